The third kappa shape index (κ3) is 5.16. The first kappa shape index (κ1) is 22.4. The first-order valence-electron chi connectivity index (χ1n) is 11.2. The number of morpholine rings is 1. The maximum Gasteiger partial charge on any atom is 0.254 e. The smallest absolute Gasteiger partial charge is 0.254 e. The third-order valence-corrected chi connectivity index (χ3v) is 6.19. The fourth-order valence-corrected chi connectivity index (χ4v) is 4.12. The Kier molecular flexibility index (Phi) is 7.17. The van der Waals surface area contributed by atoms with Gasteiger partial charge in [0.05, 0.1) is 19.8 Å². The molecule has 1 saturated heterocycles. The second-order valence-corrected chi connectivity index (χ2v) is 8.36. The van der Waals surface area contributed by atoms with Crippen molar-refractivity contribution in [1.82, 2.24) is 9.80 Å². The van der Waals surface area contributed by atoms with E-state index in [1.807, 2.05) is 23.1 Å². The largest absolute Gasteiger partial charge is 0.497 e. The zero-order valence-corrected chi connectivity index (χ0v) is 19.1. The highest BCUT2D eigenvalue weighted by molar-refractivity contribution is 5.95. The van der Waals surface area contributed by atoms with Crippen molar-refractivity contribution in [2.75, 3.05) is 40.1 Å². The predicted molar refractivity (Wildman–Crippen MR) is 121 cm³/mol. The van der Waals surface area contributed by atoms with E-state index in [4.69, 9.17) is 18.9 Å². The van der Waals surface area contributed by atoms with Gasteiger partial charge in [-0.25, -0.2) is 0 Å². The number of carbonyl (C=O) groups is 1. The maximum atomic E-state index is 13.4. The van der Waals surface area contributed by atoms with Gasteiger partial charge in [0.1, 0.15) is 5.75 Å². The second-order valence-electron chi connectivity index (χ2n) is 8.36. The number of methoxy groups -OCH3 is 1. The van der Waals surface area contributed by atoms with Crippen LogP contribution >= 0.6 is 0 Å². The molecule has 2 aliphatic rings. The minimum atomic E-state index is -0.0334. The average molecular weight is 441 g/mol. The Labute approximate surface area is 189 Å². The van der Waals surface area contributed by atoms with Crippen molar-refractivity contribution in [3.8, 4) is 17.2 Å². The standard InChI is InChI=1S/C25H32N2O5/c1-4-18(2)27(25(28)20-7-10-23-24(13-20)32-17-31-23)16-22-15-26(11-12-30-22)14-19-5-8-21(29-3)9-6-19/h5-10,13,18,22H,4,11-12,14-17H2,1-3H3. The lowest BCUT2D eigenvalue weighted by molar-refractivity contribution is -0.0465. The Hall–Kier alpha value is -2.77. The number of ether oxygens (including phenoxy) is 4. The van der Waals surface area contributed by atoms with Gasteiger partial charge >= 0.3 is 0 Å². The molecule has 0 N–H and O–H groups in total. The van der Waals surface area contributed by atoms with E-state index in [-0.39, 0.29) is 24.8 Å². The lowest BCUT2D eigenvalue weighted by Crippen LogP contribution is -2.50. The van der Waals surface area contributed by atoms with Crippen LogP contribution in [0.5, 0.6) is 17.2 Å². The van der Waals surface area contributed by atoms with E-state index in [1.165, 1.54) is 5.56 Å². The van der Waals surface area contributed by atoms with Gasteiger partial charge in [-0.05, 0) is 49.2 Å². The molecular weight excluding hydrogens is 408 g/mol. The molecule has 4 rings (SSSR count). The highest BCUT2D eigenvalue weighted by atomic mass is 16.7. The zero-order valence-electron chi connectivity index (χ0n) is 19.1. The average Bonchev–Trinajstić information content (AvgIpc) is 3.30. The van der Waals surface area contributed by atoms with Crippen molar-refractivity contribution in [3.05, 3.63) is 53.6 Å². The zero-order chi connectivity index (χ0) is 22.5. The van der Waals surface area contributed by atoms with Gasteiger partial charge in [-0.15, -0.1) is 0 Å². The highest BCUT2D eigenvalue weighted by Crippen LogP contribution is 2.33. The van der Waals surface area contributed by atoms with Gasteiger partial charge in [0.15, 0.2) is 11.5 Å². The van der Waals surface area contributed by atoms with E-state index in [1.54, 1.807) is 19.2 Å². The fraction of sp³-hybridized carbons (Fsp3) is 0.480. The van der Waals surface area contributed by atoms with Crippen LogP contribution < -0.4 is 14.2 Å². The summed E-state index contributed by atoms with van der Waals surface area (Å²) in [4.78, 5) is 17.7. The third-order valence-electron chi connectivity index (χ3n) is 6.19. The van der Waals surface area contributed by atoms with Crippen molar-refractivity contribution in [2.24, 2.45) is 0 Å². The number of hydrogen-bond donors (Lipinski definition) is 0. The van der Waals surface area contributed by atoms with Crippen LogP contribution in [0.15, 0.2) is 42.5 Å². The normalized spacial score (nSPS) is 18.9. The van der Waals surface area contributed by atoms with Gasteiger partial charge in [-0.2, -0.15) is 0 Å². The Morgan fingerprint density at radius 3 is 2.72 bits per heavy atom. The molecule has 2 atom stereocenters. The number of amides is 1. The quantitative estimate of drug-likeness (QED) is 0.626. The minimum absolute atomic E-state index is 0.00599. The monoisotopic (exact) mass is 440 g/mol. The summed E-state index contributed by atoms with van der Waals surface area (Å²) < 4.78 is 22.2. The highest BCUT2D eigenvalue weighted by Gasteiger charge is 2.29. The molecule has 2 heterocycles. The summed E-state index contributed by atoms with van der Waals surface area (Å²) in [5.74, 6) is 2.16. The lowest BCUT2D eigenvalue weighted by Gasteiger charge is -2.37. The molecule has 1 fully saturated rings. The van der Waals surface area contributed by atoms with Crippen molar-refractivity contribution >= 4 is 5.91 Å². The van der Waals surface area contributed by atoms with Crippen LogP contribution in [-0.2, 0) is 11.3 Å². The predicted octanol–water partition coefficient (Wildman–Crippen LogP) is 3.57. The molecule has 0 bridgehead atoms. The Balaban J connectivity index is 1.42. The van der Waals surface area contributed by atoms with E-state index < -0.39 is 0 Å². The van der Waals surface area contributed by atoms with E-state index in [0.29, 0.717) is 30.2 Å². The molecule has 0 aromatic heterocycles. The molecule has 2 aromatic rings. The Morgan fingerprint density at radius 2 is 1.97 bits per heavy atom. The number of benzene rings is 2. The first-order chi connectivity index (χ1) is 15.6. The van der Waals surface area contributed by atoms with Crippen molar-refractivity contribution < 1.29 is 23.7 Å². The van der Waals surface area contributed by atoms with Crippen LogP contribution in [-0.4, -0.2) is 68.0 Å². The van der Waals surface area contributed by atoms with Gasteiger partial charge in [-0.3, -0.25) is 9.69 Å². The van der Waals surface area contributed by atoms with Crippen LogP contribution in [0, 0.1) is 0 Å². The van der Waals surface area contributed by atoms with E-state index in [2.05, 4.69) is 30.9 Å². The number of hydrogen-bond acceptors (Lipinski definition) is 6. The summed E-state index contributed by atoms with van der Waals surface area (Å²) in [6.07, 6.45) is 0.840. The maximum absolute atomic E-state index is 13.4. The topological polar surface area (TPSA) is 60.5 Å². The van der Waals surface area contributed by atoms with Crippen molar-refractivity contribution in [3.63, 3.8) is 0 Å². The number of nitrogens with zero attached hydrogens (tertiary/aromatic N) is 2. The number of carbonyl (C=O) groups excluding carboxylic acids is 1. The molecule has 2 aliphatic heterocycles. The van der Waals surface area contributed by atoms with Gasteiger partial charge in [0, 0.05) is 37.8 Å². The molecule has 7 nitrogen and oxygen atoms in total. The van der Waals surface area contributed by atoms with Gasteiger partial charge in [0.25, 0.3) is 5.91 Å². The van der Waals surface area contributed by atoms with E-state index in [0.717, 1.165) is 31.8 Å². The minimum Gasteiger partial charge on any atom is -0.497 e. The molecule has 32 heavy (non-hydrogen) atoms. The summed E-state index contributed by atoms with van der Waals surface area (Å²) in [6.45, 7) is 8.11. The van der Waals surface area contributed by atoms with Crippen LogP contribution in [0.3, 0.4) is 0 Å². The number of fused-ring (bicyclic) bond motifs is 1. The number of rotatable bonds is 8. The molecule has 172 valence electrons. The summed E-state index contributed by atoms with van der Waals surface area (Å²) in [7, 11) is 1.68. The van der Waals surface area contributed by atoms with Crippen LogP contribution in [0.4, 0.5) is 0 Å². The molecule has 0 aliphatic carbocycles. The van der Waals surface area contributed by atoms with Crippen molar-refractivity contribution in [1.29, 1.82) is 0 Å². The van der Waals surface area contributed by atoms with Crippen LogP contribution in [0.2, 0.25) is 0 Å². The molecule has 0 spiro atoms. The van der Waals surface area contributed by atoms with Gasteiger partial charge < -0.3 is 23.8 Å². The van der Waals surface area contributed by atoms with Crippen LogP contribution in [0.1, 0.15) is 36.2 Å². The second kappa shape index (κ2) is 10.2. The molecular formula is C25H32N2O5. The summed E-state index contributed by atoms with van der Waals surface area (Å²) >= 11 is 0. The summed E-state index contributed by atoms with van der Waals surface area (Å²) in [5, 5.41) is 0. The lowest BCUT2D eigenvalue weighted by atomic mass is 10.1. The summed E-state index contributed by atoms with van der Waals surface area (Å²) in [5.41, 5.74) is 1.85. The van der Waals surface area contributed by atoms with Crippen LogP contribution in [0.25, 0.3) is 0 Å². The molecule has 0 saturated carbocycles. The molecule has 2 unspecified atom stereocenters. The Morgan fingerprint density at radius 1 is 1.19 bits per heavy atom. The van der Waals surface area contributed by atoms with Gasteiger partial charge in [-0.1, -0.05) is 19.1 Å². The van der Waals surface area contributed by atoms with Crippen molar-refractivity contribution in [2.45, 2.75) is 39.0 Å². The molecule has 2 aromatic carbocycles. The fourth-order valence-electron chi connectivity index (χ4n) is 4.12. The molecule has 0 radical (unpaired) electrons. The summed E-state index contributed by atoms with van der Waals surface area (Å²) in [6, 6.07) is 13.7. The van der Waals surface area contributed by atoms with E-state index >= 15 is 0 Å². The first-order valence-corrected chi connectivity index (χ1v) is 11.2. The Bertz CT molecular complexity index is 917. The van der Waals surface area contributed by atoms with E-state index in [9.17, 15) is 4.79 Å². The van der Waals surface area contributed by atoms with Gasteiger partial charge in [0.2, 0.25) is 6.79 Å². The SMILES string of the molecule is CCC(C)N(CC1CN(Cc2ccc(OC)cc2)CCO1)C(=O)c1ccc2c(c1)OCO2. The molecule has 1 amide bonds. The molecule has 7 heteroatoms.